The second-order valence-electron chi connectivity index (χ2n) is 4.06. The van der Waals surface area contributed by atoms with Crippen LogP contribution in [0.2, 0.25) is 5.02 Å². The van der Waals surface area contributed by atoms with Crippen LogP contribution in [0.5, 0.6) is 0 Å². The summed E-state index contributed by atoms with van der Waals surface area (Å²) in [5, 5.41) is 3.97. The number of Topliss-reactive ketones (excluding diaryl/α,β-unsaturated/α-hetero) is 1. The Morgan fingerprint density at radius 1 is 1.50 bits per heavy atom. The average molecular weight is 303 g/mol. The lowest BCUT2D eigenvalue weighted by Gasteiger charge is -2.22. The third-order valence-electron chi connectivity index (χ3n) is 2.88. The molecule has 1 heterocycles. The number of halogens is 2. The molecule has 0 bridgehead atoms. The molecule has 0 aliphatic carbocycles. The van der Waals surface area contributed by atoms with Crippen LogP contribution in [-0.4, -0.2) is 18.9 Å². The van der Waals surface area contributed by atoms with Crippen molar-refractivity contribution in [2.45, 2.75) is 12.8 Å². The highest BCUT2D eigenvalue weighted by molar-refractivity contribution is 9.10. The Balaban J connectivity index is 2.10. The predicted molar refractivity (Wildman–Crippen MR) is 68.8 cm³/mol. The molecule has 0 spiro atoms. The first-order valence-electron chi connectivity index (χ1n) is 5.34. The summed E-state index contributed by atoms with van der Waals surface area (Å²) in [6.07, 6.45) is 1.37. The number of carbonyl (C=O) groups is 1. The fourth-order valence-corrected chi connectivity index (χ4v) is 2.70. The van der Waals surface area contributed by atoms with Crippen LogP contribution < -0.4 is 5.32 Å². The van der Waals surface area contributed by atoms with Gasteiger partial charge in [-0.3, -0.25) is 4.79 Å². The van der Waals surface area contributed by atoms with Crippen molar-refractivity contribution >= 4 is 33.3 Å². The molecule has 2 rings (SSSR count). The van der Waals surface area contributed by atoms with Crippen molar-refractivity contribution in [1.29, 1.82) is 0 Å². The normalized spacial score (nSPS) is 21.1. The van der Waals surface area contributed by atoms with Crippen LogP contribution in [0, 0.1) is 5.92 Å². The molecule has 1 unspecified atom stereocenters. The number of carbonyl (C=O) groups excluding carboxylic acids is 1. The first kappa shape index (κ1) is 12.1. The summed E-state index contributed by atoms with van der Waals surface area (Å²) < 4.78 is 0.967. The van der Waals surface area contributed by atoms with Gasteiger partial charge >= 0.3 is 0 Å². The van der Waals surface area contributed by atoms with E-state index in [4.69, 9.17) is 11.6 Å². The molecule has 0 amide bonds. The van der Waals surface area contributed by atoms with Crippen LogP contribution in [0.3, 0.4) is 0 Å². The van der Waals surface area contributed by atoms with Crippen molar-refractivity contribution in [3.8, 4) is 0 Å². The number of hydrogen-bond acceptors (Lipinski definition) is 2. The predicted octanol–water partition coefficient (Wildman–Crippen LogP) is 2.82. The molecule has 1 aromatic rings. The number of hydrogen-bond donors (Lipinski definition) is 1. The molecule has 1 saturated heterocycles. The summed E-state index contributed by atoms with van der Waals surface area (Å²) in [7, 11) is 0. The van der Waals surface area contributed by atoms with Gasteiger partial charge in [-0.05, 0) is 24.1 Å². The van der Waals surface area contributed by atoms with E-state index >= 15 is 0 Å². The SMILES string of the molecule is O=C1CCNCC1Cc1ccc(Br)cc1Cl. The Morgan fingerprint density at radius 2 is 2.31 bits per heavy atom. The van der Waals surface area contributed by atoms with Gasteiger partial charge in [0, 0.05) is 34.9 Å². The van der Waals surface area contributed by atoms with Gasteiger partial charge in [-0.25, -0.2) is 0 Å². The van der Waals surface area contributed by atoms with Crippen molar-refractivity contribution < 1.29 is 4.79 Å². The molecule has 1 aliphatic rings. The zero-order valence-corrected chi connectivity index (χ0v) is 11.1. The Hall–Kier alpha value is -0.380. The maximum atomic E-state index is 11.7. The minimum Gasteiger partial charge on any atom is -0.316 e. The van der Waals surface area contributed by atoms with E-state index in [1.807, 2.05) is 18.2 Å². The second kappa shape index (κ2) is 5.30. The molecule has 0 radical (unpaired) electrons. The molecule has 1 N–H and O–H groups in total. The summed E-state index contributed by atoms with van der Waals surface area (Å²) in [5.41, 5.74) is 1.05. The van der Waals surface area contributed by atoms with Crippen LogP contribution in [-0.2, 0) is 11.2 Å². The topological polar surface area (TPSA) is 29.1 Å². The number of ketones is 1. The molecule has 1 aliphatic heterocycles. The van der Waals surface area contributed by atoms with E-state index in [9.17, 15) is 4.79 Å². The van der Waals surface area contributed by atoms with Gasteiger partial charge < -0.3 is 5.32 Å². The molecule has 1 aromatic carbocycles. The fraction of sp³-hybridized carbons (Fsp3) is 0.417. The van der Waals surface area contributed by atoms with Crippen LogP contribution >= 0.6 is 27.5 Å². The molecule has 86 valence electrons. The number of piperidine rings is 1. The summed E-state index contributed by atoms with van der Waals surface area (Å²) in [5.74, 6) is 0.421. The Bertz CT molecular complexity index is 408. The highest BCUT2D eigenvalue weighted by Gasteiger charge is 2.22. The molecular formula is C12H13BrClNO. The van der Waals surface area contributed by atoms with E-state index in [0.717, 1.165) is 34.6 Å². The first-order chi connectivity index (χ1) is 7.66. The number of benzene rings is 1. The van der Waals surface area contributed by atoms with Crippen LogP contribution in [0.25, 0.3) is 0 Å². The minimum atomic E-state index is 0.0763. The summed E-state index contributed by atoms with van der Waals surface area (Å²) in [6.45, 7) is 1.58. The number of rotatable bonds is 2. The largest absolute Gasteiger partial charge is 0.316 e. The smallest absolute Gasteiger partial charge is 0.138 e. The molecule has 4 heteroatoms. The van der Waals surface area contributed by atoms with Gasteiger partial charge in [-0.15, -0.1) is 0 Å². The first-order valence-corrected chi connectivity index (χ1v) is 6.51. The van der Waals surface area contributed by atoms with Crippen molar-refractivity contribution in [2.24, 2.45) is 5.92 Å². The zero-order chi connectivity index (χ0) is 11.5. The molecule has 1 atom stereocenters. The van der Waals surface area contributed by atoms with Gasteiger partial charge in [0.1, 0.15) is 5.78 Å². The molecule has 0 aromatic heterocycles. The maximum absolute atomic E-state index is 11.7. The molecule has 0 saturated carbocycles. The van der Waals surface area contributed by atoms with Gasteiger partial charge in [0.2, 0.25) is 0 Å². The highest BCUT2D eigenvalue weighted by atomic mass is 79.9. The van der Waals surface area contributed by atoms with E-state index in [0.29, 0.717) is 12.2 Å². The fourth-order valence-electron chi connectivity index (χ4n) is 1.94. The van der Waals surface area contributed by atoms with E-state index < -0.39 is 0 Å². The lowest BCUT2D eigenvalue weighted by Crippen LogP contribution is -2.37. The summed E-state index contributed by atoms with van der Waals surface area (Å²) in [6, 6.07) is 5.81. The average Bonchev–Trinajstić information content (AvgIpc) is 2.25. The second-order valence-corrected chi connectivity index (χ2v) is 5.38. The monoisotopic (exact) mass is 301 g/mol. The maximum Gasteiger partial charge on any atom is 0.138 e. The van der Waals surface area contributed by atoms with Crippen molar-refractivity contribution in [1.82, 2.24) is 5.32 Å². The Morgan fingerprint density at radius 3 is 3.00 bits per heavy atom. The van der Waals surface area contributed by atoms with Crippen molar-refractivity contribution in [3.63, 3.8) is 0 Å². The van der Waals surface area contributed by atoms with Gasteiger partial charge in [-0.2, -0.15) is 0 Å². The third kappa shape index (κ3) is 2.84. The van der Waals surface area contributed by atoms with Gasteiger partial charge in [-0.1, -0.05) is 33.6 Å². The van der Waals surface area contributed by atoms with Crippen LogP contribution in [0.4, 0.5) is 0 Å². The lowest BCUT2D eigenvalue weighted by molar-refractivity contribution is -0.123. The highest BCUT2D eigenvalue weighted by Crippen LogP contribution is 2.24. The van der Waals surface area contributed by atoms with Crippen LogP contribution in [0.15, 0.2) is 22.7 Å². The van der Waals surface area contributed by atoms with Gasteiger partial charge in [0.15, 0.2) is 0 Å². The van der Waals surface area contributed by atoms with E-state index in [1.165, 1.54) is 0 Å². The molecule has 2 nitrogen and oxygen atoms in total. The van der Waals surface area contributed by atoms with Crippen molar-refractivity contribution in [3.05, 3.63) is 33.3 Å². The standard InChI is InChI=1S/C12H13BrClNO/c13-10-2-1-8(11(14)6-10)5-9-7-15-4-3-12(9)16/h1-2,6,9,15H,3-5,7H2. The zero-order valence-electron chi connectivity index (χ0n) is 8.80. The Labute approximate surface area is 108 Å². The summed E-state index contributed by atoms with van der Waals surface area (Å²) in [4.78, 5) is 11.7. The molecular weight excluding hydrogens is 289 g/mol. The summed E-state index contributed by atoms with van der Waals surface area (Å²) >= 11 is 9.50. The number of nitrogens with one attached hydrogen (secondary N) is 1. The lowest BCUT2D eigenvalue weighted by atomic mass is 9.91. The van der Waals surface area contributed by atoms with Gasteiger partial charge in [0.25, 0.3) is 0 Å². The van der Waals surface area contributed by atoms with E-state index in [-0.39, 0.29) is 5.92 Å². The Kier molecular flexibility index (Phi) is 4.00. The van der Waals surface area contributed by atoms with E-state index in [1.54, 1.807) is 0 Å². The van der Waals surface area contributed by atoms with E-state index in [2.05, 4.69) is 21.2 Å². The molecule has 16 heavy (non-hydrogen) atoms. The third-order valence-corrected chi connectivity index (χ3v) is 3.72. The van der Waals surface area contributed by atoms with Crippen molar-refractivity contribution in [2.75, 3.05) is 13.1 Å². The molecule has 1 fully saturated rings. The quantitative estimate of drug-likeness (QED) is 0.910. The van der Waals surface area contributed by atoms with Crippen LogP contribution in [0.1, 0.15) is 12.0 Å². The van der Waals surface area contributed by atoms with Gasteiger partial charge in [0.05, 0.1) is 0 Å². The minimum absolute atomic E-state index is 0.0763.